The second-order valence-corrected chi connectivity index (χ2v) is 7.63. The molecule has 2 heterocycles. The van der Waals surface area contributed by atoms with E-state index in [-0.39, 0.29) is 17.8 Å². The monoisotopic (exact) mass is 377 g/mol. The number of hydrogen-bond acceptors (Lipinski definition) is 5. The molecule has 27 heavy (non-hydrogen) atoms. The van der Waals surface area contributed by atoms with Crippen LogP contribution in [0.3, 0.4) is 0 Å². The number of aromatic nitrogens is 1. The lowest BCUT2D eigenvalue weighted by Gasteiger charge is -2.34. The molecule has 0 bridgehead atoms. The number of likely N-dealkylation sites (tertiary alicyclic amines) is 1. The van der Waals surface area contributed by atoms with E-state index in [2.05, 4.69) is 10.1 Å². The fourth-order valence-corrected chi connectivity index (χ4v) is 3.77. The SMILES string of the molecule is CC(C)N(CCN1CCC(c2noc3cc(F)ccc23)CC1)C(=O)[C@@H](C)O. The number of aliphatic hydroxyl groups excluding tert-OH is 1. The first kappa shape index (κ1) is 19.8. The Morgan fingerprint density at radius 2 is 2.07 bits per heavy atom. The van der Waals surface area contributed by atoms with Gasteiger partial charge in [0.15, 0.2) is 5.58 Å². The number of carbonyl (C=O) groups is 1. The van der Waals surface area contributed by atoms with Crippen molar-refractivity contribution < 1.29 is 18.8 Å². The van der Waals surface area contributed by atoms with Crippen LogP contribution in [0, 0.1) is 5.82 Å². The fraction of sp³-hybridized carbons (Fsp3) is 0.600. The van der Waals surface area contributed by atoms with Crippen molar-refractivity contribution in [2.24, 2.45) is 0 Å². The van der Waals surface area contributed by atoms with Crippen molar-refractivity contribution in [3.8, 4) is 0 Å². The maximum Gasteiger partial charge on any atom is 0.251 e. The Kier molecular flexibility index (Phi) is 6.11. The number of rotatable bonds is 6. The van der Waals surface area contributed by atoms with Gasteiger partial charge >= 0.3 is 0 Å². The van der Waals surface area contributed by atoms with E-state index in [0.29, 0.717) is 18.0 Å². The average molecular weight is 377 g/mol. The van der Waals surface area contributed by atoms with Crippen molar-refractivity contribution in [3.63, 3.8) is 0 Å². The molecule has 1 aromatic carbocycles. The van der Waals surface area contributed by atoms with E-state index in [4.69, 9.17) is 4.52 Å². The summed E-state index contributed by atoms with van der Waals surface area (Å²) < 4.78 is 18.6. The quantitative estimate of drug-likeness (QED) is 0.838. The van der Waals surface area contributed by atoms with Gasteiger partial charge < -0.3 is 19.4 Å². The highest BCUT2D eigenvalue weighted by molar-refractivity contribution is 5.80. The number of carbonyl (C=O) groups excluding carboxylic acids is 1. The number of amides is 1. The lowest BCUT2D eigenvalue weighted by atomic mass is 9.91. The van der Waals surface area contributed by atoms with Gasteiger partial charge in [0, 0.05) is 36.5 Å². The molecule has 1 aliphatic heterocycles. The van der Waals surface area contributed by atoms with Crippen LogP contribution in [0.1, 0.15) is 45.2 Å². The minimum Gasteiger partial charge on any atom is -0.384 e. The maximum absolute atomic E-state index is 13.3. The molecule has 1 aromatic heterocycles. The smallest absolute Gasteiger partial charge is 0.251 e. The highest BCUT2D eigenvalue weighted by atomic mass is 19.1. The van der Waals surface area contributed by atoms with E-state index >= 15 is 0 Å². The zero-order chi connectivity index (χ0) is 19.6. The van der Waals surface area contributed by atoms with E-state index in [1.807, 2.05) is 13.8 Å². The summed E-state index contributed by atoms with van der Waals surface area (Å²) in [6.07, 6.45) is 0.930. The molecule has 1 fully saturated rings. The minimum atomic E-state index is -0.969. The van der Waals surface area contributed by atoms with E-state index in [9.17, 15) is 14.3 Å². The molecule has 1 amide bonds. The summed E-state index contributed by atoms with van der Waals surface area (Å²) in [5.41, 5.74) is 1.41. The topological polar surface area (TPSA) is 69.8 Å². The standard InChI is InChI=1S/C20H28FN3O3/c1-13(2)24(20(26)14(3)25)11-10-23-8-6-15(7-9-23)19-17-5-4-16(21)12-18(17)27-22-19/h4-5,12-15,25H,6-11H2,1-3H3/t14-/m1/s1. The largest absolute Gasteiger partial charge is 0.384 e. The van der Waals surface area contributed by atoms with Crippen LogP contribution < -0.4 is 0 Å². The zero-order valence-electron chi connectivity index (χ0n) is 16.2. The van der Waals surface area contributed by atoms with Gasteiger partial charge in [0.2, 0.25) is 0 Å². The minimum absolute atomic E-state index is 0.0616. The van der Waals surface area contributed by atoms with Crippen LogP contribution in [0.25, 0.3) is 11.0 Å². The van der Waals surface area contributed by atoms with E-state index in [1.165, 1.54) is 19.1 Å². The summed E-state index contributed by atoms with van der Waals surface area (Å²) in [5, 5.41) is 14.7. The van der Waals surface area contributed by atoms with Gasteiger partial charge in [-0.15, -0.1) is 0 Å². The second kappa shape index (κ2) is 8.35. The third kappa shape index (κ3) is 4.47. The summed E-state index contributed by atoms with van der Waals surface area (Å²) in [7, 11) is 0. The van der Waals surface area contributed by atoms with Crippen molar-refractivity contribution in [2.45, 2.75) is 51.7 Å². The van der Waals surface area contributed by atoms with Crippen LogP contribution in [-0.4, -0.2) is 64.3 Å². The Morgan fingerprint density at radius 1 is 1.37 bits per heavy atom. The molecule has 3 rings (SSSR count). The van der Waals surface area contributed by atoms with E-state index in [1.54, 1.807) is 11.0 Å². The third-order valence-electron chi connectivity index (χ3n) is 5.36. The maximum atomic E-state index is 13.3. The highest BCUT2D eigenvalue weighted by Gasteiger charge is 2.26. The predicted molar refractivity (Wildman–Crippen MR) is 101 cm³/mol. The van der Waals surface area contributed by atoms with Crippen molar-refractivity contribution in [1.82, 2.24) is 15.0 Å². The Hall–Kier alpha value is -1.99. The molecule has 0 unspecified atom stereocenters. The van der Waals surface area contributed by atoms with E-state index in [0.717, 1.165) is 43.6 Å². The van der Waals surface area contributed by atoms with Crippen molar-refractivity contribution in [1.29, 1.82) is 0 Å². The fourth-order valence-electron chi connectivity index (χ4n) is 3.77. The van der Waals surface area contributed by atoms with Crippen molar-refractivity contribution >= 4 is 16.9 Å². The van der Waals surface area contributed by atoms with Gasteiger partial charge in [-0.3, -0.25) is 4.79 Å². The van der Waals surface area contributed by atoms with Gasteiger partial charge in [0.1, 0.15) is 11.9 Å². The number of benzene rings is 1. The number of fused-ring (bicyclic) bond motifs is 1. The molecule has 0 aliphatic carbocycles. The first-order chi connectivity index (χ1) is 12.9. The predicted octanol–water partition coefficient (Wildman–Crippen LogP) is 2.76. The molecule has 0 saturated carbocycles. The molecule has 2 aromatic rings. The van der Waals surface area contributed by atoms with Gasteiger partial charge in [0.25, 0.3) is 5.91 Å². The summed E-state index contributed by atoms with van der Waals surface area (Å²) in [6.45, 7) is 8.66. The normalized spacial score (nSPS) is 17.6. The first-order valence-electron chi connectivity index (χ1n) is 9.62. The molecular weight excluding hydrogens is 349 g/mol. The Morgan fingerprint density at radius 3 is 2.70 bits per heavy atom. The van der Waals surface area contributed by atoms with Gasteiger partial charge in [-0.05, 0) is 58.8 Å². The molecule has 0 radical (unpaired) electrons. The molecular formula is C20H28FN3O3. The number of nitrogens with zero attached hydrogens (tertiary/aromatic N) is 3. The van der Waals surface area contributed by atoms with Gasteiger partial charge in [-0.1, -0.05) is 5.16 Å². The highest BCUT2D eigenvalue weighted by Crippen LogP contribution is 2.32. The van der Waals surface area contributed by atoms with Crippen LogP contribution in [0.5, 0.6) is 0 Å². The van der Waals surface area contributed by atoms with Crippen LogP contribution in [0.2, 0.25) is 0 Å². The first-order valence-corrected chi connectivity index (χ1v) is 9.62. The molecule has 1 aliphatic rings. The molecule has 0 spiro atoms. The van der Waals surface area contributed by atoms with Crippen LogP contribution in [0.4, 0.5) is 4.39 Å². The lowest BCUT2D eigenvalue weighted by Crippen LogP contribution is -2.47. The molecule has 1 saturated heterocycles. The average Bonchev–Trinajstić information content (AvgIpc) is 3.04. The van der Waals surface area contributed by atoms with E-state index < -0.39 is 6.10 Å². The lowest BCUT2D eigenvalue weighted by molar-refractivity contribution is -0.141. The van der Waals surface area contributed by atoms with Gasteiger partial charge in [-0.2, -0.15) is 0 Å². The Labute approximate surface area is 158 Å². The Balaban J connectivity index is 1.56. The third-order valence-corrected chi connectivity index (χ3v) is 5.36. The molecule has 7 heteroatoms. The van der Waals surface area contributed by atoms with Crippen LogP contribution in [0.15, 0.2) is 22.7 Å². The number of piperidine rings is 1. The van der Waals surface area contributed by atoms with Crippen LogP contribution in [-0.2, 0) is 4.79 Å². The summed E-state index contributed by atoms with van der Waals surface area (Å²) >= 11 is 0. The summed E-state index contributed by atoms with van der Waals surface area (Å²) in [6, 6.07) is 4.62. The van der Waals surface area contributed by atoms with Crippen molar-refractivity contribution in [2.75, 3.05) is 26.2 Å². The number of aliphatic hydroxyl groups is 1. The molecule has 148 valence electrons. The van der Waals surface area contributed by atoms with Crippen LogP contribution >= 0.6 is 0 Å². The number of halogens is 1. The molecule has 1 N–H and O–H groups in total. The van der Waals surface area contributed by atoms with Crippen molar-refractivity contribution in [3.05, 3.63) is 29.7 Å². The second-order valence-electron chi connectivity index (χ2n) is 7.63. The van der Waals surface area contributed by atoms with Gasteiger partial charge in [-0.25, -0.2) is 4.39 Å². The Bertz CT molecular complexity index is 782. The molecule has 6 nitrogen and oxygen atoms in total. The summed E-state index contributed by atoms with van der Waals surface area (Å²) in [5.74, 6) is -0.240. The molecule has 1 atom stereocenters. The van der Waals surface area contributed by atoms with Gasteiger partial charge in [0.05, 0.1) is 5.69 Å². The number of hydrogen-bond donors (Lipinski definition) is 1. The zero-order valence-corrected chi connectivity index (χ0v) is 16.2. The summed E-state index contributed by atoms with van der Waals surface area (Å²) in [4.78, 5) is 16.2.